The Kier molecular flexibility index (Phi) is 2.96. The summed E-state index contributed by atoms with van der Waals surface area (Å²) in [6.45, 7) is 3.63. The van der Waals surface area contributed by atoms with Crippen LogP contribution in [0.4, 0.5) is 0 Å². The number of carbonyl (C=O) groups is 1. The molecule has 0 bridgehead atoms. The molecule has 0 aromatic rings. The van der Waals surface area contributed by atoms with Gasteiger partial charge < -0.3 is 4.74 Å². The fraction of sp³-hybridized carbons (Fsp3) is 0.900. The minimum Gasteiger partial charge on any atom is -0.380 e. The van der Waals surface area contributed by atoms with Crippen molar-refractivity contribution < 1.29 is 9.53 Å². The molecule has 1 aliphatic carbocycles. The van der Waals surface area contributed by atoms with Crippen LogP contribution in [0.3, 0.4) is 0 Å². The molecule has 1 heterocycles. The molecule has 0 spiro atoms. The molecule has 0 aromatic heterocycles. The van der Waals surface area contributed by atoms with Crippen molar-refractivity contribution in [1.29, 1.82) is 0 Å². The molecule has 13 heavy (non-hydrogen) atoms. The van der Waals surface area contributed by atoms with E-state index in [-0.39, 0.29) is 6.04 Å². The summed E-state index contributed by atoms with van der Waals surface area (Å²) in [6.07, 6.45) is 4.02. The Morgan fingerprint density at radius 1 is 1.23 bits per heavy atom. The molecular weight excluding hydrogens is 166 g/mol. The molecule has 74 valence electrons. The van der Waals surface area contributed by atoms with Crippen LogP contribution in [-0.2, 0) is 9.53 Å². The molecule has 1 saturated carbocycles. The van der Waals surface area contributed by atoms with Gasteiger partial charge in [-0.1, -0.05) is 0 Å². The van der Waals surface area contributed by atoms with E-state index >= 15 is 0 Å². The normalized spacial score (nSPS) is 32.0. The van der Waals surface area contributed by atoms with Crippen molar-refractivity contribution in [2.24, 2.45) is 0 Å². The summed E-state index contributed by atoms with van der Waals surface area (Å²) in [6, 6.07) is 0.224. The van der Waals surface area contributed by atoms with Crippen LogP contribution in [-0.4, -0.2) is 43.0 Å². The number of Topliss-reactive ketones (excluding diaryl/α,β-unsaturated/α-hetero) is 1. The van der Waals surface area contributed by atoms with Crippen LogP contribution in [0.25, 0.3) is 0 Å². The van der Waals surface area contributed by atoms with Gasteiger partial charge in [-0.2, -0.15) is 0 Å². The molecular formula is C10H17NO2. The number of ketones is 1. The zero-order valence-electron chi connectivity index (χ0n) is 8.00. The average molecular weight is 183 g/mol. The van der Waals surface area contributed by atoms with E-state index in [1.54, 1.807) is 0 Å². The predicted molar refractivity (Wildman–Crippen MR) is 49.7 cm³/mol. The summed E-state index contributed by atoms with van der Waals surface area (Å²) in [4.78, 5) is 13.8. The van der Waals surface area contributed by atoms with Gasteiger partial charge in [0, 0.05) is 26.1 Å². The molecule has 0 amide bonds. The summed E-state index contributed by atoms with van der Waals surface area (Å²) < 4.78 is 5.37. The number of nitrogens with zero attached hydrogens (tertiary/aromatic N) is 1. The largest absolute Gasteiger partial charge is 0.380 e. The molecule has 0 aromatic carbocycles. The van der Waals surface area contributed by atoms with Gasteiger partial charge in [0.15, 0.2) is 0 Å². The van der Waals surface area contributed by atoms with Crippen molar-refractivity contribution in [2.45, 2.75) is 31.7 Å². The van der Waals surface area contributed by atoms with Crippen molar-refractivity contribution in [2.75, 3.05) is 26.3 Å². The molecule has 1 unspecified atom stereocenters. The summed E-state index contributed by atoms with van der Waals surface area (Å²) in [7, 11) is 0. The van der Waals surface area contributed by atoms with Gasteiger partial charge in [-0.25, -0.2) is 0 Å². The Bertz CT molecular complexity index is 185. The van der Waals surface area contributed by atoms with Gasteiger partial charge in [0.2, 0.25) is 0 Å². The Morgan fingerprint density at radius 3 is 2.92 bits per heavy atom. The average Bonchev–Trinajstić information content (AvgIpc) is 2.43. The highest BCUT2D eigenvalue weighted by Crippen LogP contribution is 2.20. The fourth-order valence-electron chi connectivity index (χ4n) is 2.26. The van der Waals surface area contributed by atoms with Gasteiger partial charge in [-0.15, -0.1) is 0 Å². The maximum absolute atomic E-state index is 11.5. The first kappa shape index (κ1) is 9.16. The summed E-state index contributed by atoms with van der Waals surface area (Å²) in [5.74, 6) is 0.446. The topological polar surface area (TPSA) is 29.5 Å². The monoisotopic (exact) mass is 183 g/mol. The lowest BCUT2D eigenvalue weighted by atomic mass is 10.2. The molecule has 1 saturated heterocycles. The fourth-order valence-corrected chi connectivity index (χ4v) is 2.26. The Labute approximate surface area is 79.0 Å². The number of hydrogen-bond acceptors (Lipinski definition) is 3. The number of rotatable bonds is 1. The van der Waals surface area contributed by atoms with Crippen molar-refractivity contribution in [3.63, 3.8) is 0 Å². The van der Waals surface area contributed by atoms with Crippen LogP contribution in [0.2, 0.25) is 0 Å². The van der Waals surface area contributed by atoms with Crippen molar-refractivity contribution >= 4 is 5.78 Å². The number of ether oxygens (including phenoxy) is 1. The third-order valence-electron chi connectivity index (χ3n) is 2.97. The second-order valence-electron chi connectivity index (χ2n) is 3.88. The quantitative estimate of drug-likeness (QED) is 0.603. The van der Waals surface area contributed by atoms with Crippen LogP contribution in [0.5, 0.6) is 0 Å². The van der Waals surface area contributed by atoms with Crippen LogP contribution in [0, 0.1) is 0 Å². The molecule has 1 atom stereocenters. The van der Waals surface area contributed by atoms with Crippen LogP contribution in [0.15, 0.2) is 0 Å². The van der Waals surface area contributed by atoms with Crippen LogP contribution in [0.1, 0.15) is 25.7 Å². The first-order chi connectivity index (χ1) is 6.38. The van der Waals surface area contributed by atoms with Crippen LogP contribution < -0.4 is 0 Å². The minimum atomic E-state index is 0.224. The zero-order chi connectivity index (χ0) is 9.10. The van der Waals surface area contributed by atoms with Gasteiger partial charge in [0.1, 0.15) is 5.78 Å². The second kappa shape index (κ2) is 4.20. The van der Waals surface area contributed by atoms with E-state index < -0.39 is 0 Å². The van der Waals surface area contributed by atoms with Crippen molar-refractivity contribution in [3.8, 4) is 0 Å². The van der Waals surface area contributed by atoms with Gasteiger partial charge >= 0.3 is 0 Å². The molecule has 2 fully saturated rings. The van der Waals surface area contributed by atoms with E-state index in [1.165, 1.54) is 0 Å². The van der Waals surface area contributed by atoms with E-state index in [2.05, 4.69) is 4.90 Å². The van der Waals surface area contributed by atoms with Gasteiger partial charge in [0.25, 0.3) is 0 Å². The van der Waals surface area contributed by atoms with E-state index in [0.29, 0.717) is 5.78 Å². The Morgan fingerprint density at radius 2 is 2.15 bits per heavy atom. The molecule has 2 aliphatic rings. The van der Waals surface area contributed by atoms with Crippen LogP contribution >= 0.6 is 0 Å². The lowest BCUT2D eigenvalue weighted by molar-refractivity contribution is -0.121. The lowest BCUT2D eigenvalue weighted by Crippen LogP contribution is -2.39. The first-order valence-corrected chi connectivity index (χ1v) is 5.22. The third-order valence-corrected chi connectivity index (χ3v) is 2.97. The highest BCUT2D eigenvalue weighted by Gasteiger charge is 2.30. The highest BCUT2D eigenvalue weighted by atomic mass is 16.5. The Balaban J connectivity index is 1.93. The predicted octanol–water partition coefficient (Wildman–Crippen LogP) is 0.830. The van der Waals surface area contributed by atoms with Gasteiger partial charge in [0.05, 0.1) is 12.6 Å². The molecule has 1 aliphatic heterocycles. The van der Waals surface area contributed by atoms with E-state index in [9.17, 15) is 4.79 Å². The summed E-state index contributed by atoms with van der Waals surface area (Å²) in [5, 5.41) is 0. The van der Waals surface area contributed by atoms with Gasteiger partial charge in [-0.05, 0) is 19.3 Å². The molecule has 0 radical (unpaired) electrons. The third kappa shape index (κ3) is 2.09. The second-order valence-corrected chi connectivity index (χ2v) is 3.88. The van der Waals surface area contributed by atoms with E-state index in [1.807, 2.05) is 0 Å². The standard InChI is InChI=1S/C10H17NO2/c12-10-4-1-3-9(10)11-5-2-7-13-8-6-11/h9H,1-8H2. The van der Waals surface area contributed by atoms with Crippen molar-refractivity contribution in [1.82, 2.24) is 4.90 Å². The van der Waals surface area contributed by atoms with Crippen molar-refractivity contribution in [3.05, 3.63) is 0 Å². The SMILES string of the molecule is O=C1CCCC1N1CCCOCC1. The number of hydrogen-bond donors (Lipinski definition) is 0. The van der Waals surface area contributed by atoms with Gasteiger partial charge in [-0.3, -0.25) is 9.69 Å². The maximum atomic E-state index is 11.5. The minimum absolute atomic E-state index is 0.224. The zero-order valence-corrected chi connectivity index (χ0v) is 8.00. The molecule has 3 nitrogen and oxygen atoms in total. The lowest BCUT2D eigenvalue weighted by Gasteiger charge is -2.24. The molecule has 0 N–H and O–H groups in total. The van der Waals surface area contributed by atoms with E-state index in [4.69, 9.17) is 4.74 Å². The maximum Gasteiger partial charge on any atom is 0.149 e. The number of carbonyl (C=O) groups excluding carboxylic acids is 1. The van der Waals surface area contributed by atoms with E-state index in [0.717, 1.165) is 52.0 Å². The summed E-state index contributed by atoms with van der Waals surface area (Å²) in [5.41, 5.74) is 0. The molecule has 2 rings (SSSR count). The Hall–Kier alpha value is -0.410. The molecule has 3 heteroatoms. The summed E-state index contributed by atoms with van der Waals surface area (Å²) >= 11 is 0. The highest BCUT2D eigenvalue weighted by molar-refractivity contribution is 5.85. The first-order valence-electron chi connectivity index (χ1n) is 5.22. The smallest absolute Gasteiger partial charge is 0.149 e.